The first-order valence-corrected chi connectivity index (χ1v) is 10.8. The van der Waals surface area contributed by atoms with E-state index in [0.29, 0.717) is 35.4 Å². The lowest BCUT2D eigenvalue weighted by Gasteiger charge is -2.28. The molecule has 3 rings (SSSR count). The van der Waals surface area contributed by atoms with Crippen LogP contribution in [0.4, 0.5) is 5.69 Å². The van der Waals surface area contributed by atoms with Crippen LogP contribution in [0, 0.1) is 24.7 Å². The monoisotopic (exact) mass is 460 g/mol. The molecule has 0 radical (unpaired) electrons. The smallest absolute Gasteiger partial charge is 0.326 e. The van der Waals surface area contributed by atoms with Crippen LogP contribution in [-0.4, -0.2) is 39.5 Å². The molecule has 0 saturated heterocycles. The van der Waals surface area contributed by atoms with E-state index < -0.39 is 23.3 Å². The van der Waals surface area contributed by atoms with Gasteiger partial charge in [-0.3, -0.25) is 9.59 Å². The molecule has 0 aliphatic carbocycles. The highest BCUT2D eigenvalue weighted by molar-refractivity contribution is 5.97. The molecule has 0 fully saturated rings. The van der Waals surface area contributed by atoms with Crippen molar-refractivity contribution >= 4 is 28.5 Å². The summed E-state index contributed by atoms with van der Waals surface area (Å²) in [6.07, 6.45) is 5.58. The van der Waals surface area contributed by atoms with E-state index >= 15 is 0 Å². The fourth-order valence-corrected chi connectivity index (χ4v) is 3.66. The summed E-state index contributed by atoms with van der Waals surface area (Å²) in [5, 5.41) is 12.5. The maximum absolute atomic E-state index is 12.6. The second-order valence-corrected chi connectivity index (χ2v) is 9.22. The number of H-pyrrole nitrogens is 1. The fourth-order valence-electron chi connectivity index (χ4n) is 3.66. The summed E-state index contributed by atoms with van der Waals surface area (Å²) in [5.41, 5.74) is 1.81. The van der Waals surface area contributed by atoms with Crippen LogP contribution in [0.15, 0.2) is 47.3 Å². The van der Waals surface area contributed by atoms with Crippen molar-refractivity contribution in [3.63, 3.8) is 0 Å². The molecular formula is C26H28N4O4. The number of fused-ring (bicyclic) bond motifs is 1. The number of rotatable bonds is 7. The number of carboxylic acid groups (broad SMARTS) is 1. The Hall–Kier alpha value is -4.12. The predicted octanol–water partition coefficient (Wildman–Crippen LogP) is 3.10. The summed E-state index contributed by atoms with van der Waals surface area (Å²) < 4.78 is 0. The van der Waals surface area contributed by atoms with Crippen molar-refractivity contribution in [2.45, 2.75) is 40.3 Å². The van der Waals surface area contributed by atoms with Gasteiger partial charge in [0.25, 0.3) is 11.5 Å². The van der Waals surface area contributed by atoms with Gasteiger partial charge in [0, 0.05) is 17.8 Å². The Morgan fingerprint density at radius 3 is 2.47 bits per heavy atom. The third-order valence-electron chi connectivity index (χ3n) is 5.43. The summed E-state index contributed by atoms with van der Waals surface area (Å²) in [6, 6.07) is 11.3. The van der Waals surface area contributed by atoms with Crippen molar-refractivity contribution in [2.75, 3.05) is 11.4 Å². The molecule has 34 heavy (non-hydrogen) atoms. The van der Waals surface area contributed by atoms with Crippen LogP contribution in [0.3, 0.4) is 0 Å². The summed E-state index contributed by atoms with van der Waals surface area (Å²) in [5.74, 6) is 1.64. The lowest BCUT2D eigenvalue weighted by atomic mass is 9.86. The van der Waals surface area contributed by atoms with E-state index in [1.165, 1.54) is 0 Å². The normalized spacial score (nSPS) is 12.1. The van der Waals surface area contributed by atoms with Gasteiger partial charge in [-0.05, 0) is 54.3 Å². The summed E-state index contributed by atoms with van der Waals surface area (Å²) in [7, 11) is 0. The number of amides is 1. The zero-order valence-electron chi connectivity index (χ0n) is 19.7. The average molecular weight is 461 g/mol. The molecule has 0 aliphatic rings. The van der Waals surface area contributed by atoms with E-state index in [-0.39, 0.29) is 5.56 Å². The minimum atomic E-state index is -1.09. The molecule has 0 unspecified atom stereocenters. The first kappa shape index (κ1) is 24.5. The summed E-state index contributed by atoms with van der Waals surface area (Å²) in [4.78, 5) is 45.5. The van der Waals surface area contributed by atoms with Crippen molar-refractivity contribution < 1.29 is 14.7 Å². The van der Waals surface area contributed by atoms with Gasteiger partial charge in [0.05, 0.1) is 17.4 Å². The van der Waals surface area contributed by atoms with Crippen LogP contribution >= 0.6 is 0 Å². The van der Waals surface area contributed by atoms with E-state index in [1.807, 2.05) is 17.0 Å². The molecule has 176 valence electrons. The van der Waals surface area contributed by atoms with Gasteiger partial charge in [0.15, 0.2) is 0 Å². The number of carboxylic acids is 1. The third-order valence-corrected chi connectivity index (χ3v) is 5.43. The first-order chi connectivity index (χ1) is 16.0. The molecule has 2 aromatic carbocycles. The Morgan fingerprint density at radius 1 is 1.21 bits per heavy atom. The zero-order valence-corrected chi connectivity index (χ0v) is 19.7. The molecule has 1 heterocycles. The second-order valence-electron chi connectivity index (χ2n) is 9.22. The highest BCUT2D eigenvalue weighted by atomic mass is 16.4. The Morgan fingerprint density at radius 2 is 1.88 bits per heavy atom. The fraction of sp³-hybridized carbons (Fsp3) is 0.308. The number of hydrogen-bond acceptors (Lipinski definition) is 5. The number of carbonyl (C=O) groups excluding carboxylic acids is 1. The predicted molar refractivity (Wildman–Crippen MR) is 132 cm³/mol. The molecule has 8 nitrogen and oxygen atoms in total. The van der Waals surface area contributed by atoms with Gasteiger partial charge >= 0.3 is 5.97 Å². The van der Waals surface area contributed by atoms with E-state index in [4.69, 9.17) is 6.42 Å². The molecule has 3 aromatic rings. The average Bonchev–Trinajstić information content (AvgIpc) is 2.76. The minimum Gasteiger partial charge on any atom is -0.480 e. The molecular weight excluding hydrogens is 432 g/mol. The number of terminal acetylenes is 1. The second kappa shape index (κ2) is 9.79. The number of aromatic amines is 1. The maximum Gasteiger partial charge on any atom is 0.326 e. The van der Waals surface area contributed by atoms with E-state index in [1.54, 1.807) is 58.0 Å². The van der Waals surface area contributed by atoms with Crippen LogP contribution in [0.25, 0.3) is 10.9 Å². The molecule has 0 saturated carbocycles. The zero-order chi connectivity index (χ0) is 25.0. The van der Waals surface area contributed by atoms with Crippen LogP contribution < -0.4 is 15.8 Å². The molecule has 0 aliphatic heterocycles. The number of anilines is 1. The standard InChI is InChI=1S/C26H28N4O4/c1-6-13-30(15-17-7-12-21-20(14-17)24(32)28-16(2)27-21)19-10-8-18(9-11-19)23(31)29-22(25(33)34)26(3,4)5/h1,7-12,14,22H,13,15H2,2-5H3,(H,29,31)(H,33,34)(H,27,28,32)/t22-/m1/s1. The van der Waals surface area contributed by atoms with Crippen LogP contribution in [-0.2, 0) is 11.3 Å². The van der Waals surface area contributed by atoms with Crippen molar-refractivity contribution in [1.82, 2.24) is 15.3 Å². The maximum atomic E-state index is 12.6. The molecule has 8 heteroatoms. The van der Waals surface area contributed by atoms with Gasteiger partial charge in [-0.1, -0.05) is 32.8 Å². The molecule has 1 aromatic heterocycles. The van der Waals surface area contributed by atoms with Crippen LogP contribution in [0.2, 0.25) is 0 Å². The number of aromatic nitrogens is 2. The summed E-state index contributed by atoms with van der Waals surface area (Å²) >= 11 is 0. The van der Waals surface area contributed by atoms with Gasteiger partial charge < -0.3 is 20.3 Å². The number of aryl methyl sites for hydroxylation is 1. The number of carbonyl (C=O) groups is 2. The van der Waals surface area contributed by atoms with Gasteiger partial charge in [-0.25, -0.2) is 9.78 Å². The number of nitrogens with zero attached hydrogens (tertiary/aromatic N) is 2. The van der Waals surface area contributed by atoms with Crippen LogP contribution in [0.5, 0.6) is 0 Å². The Balaban J connectivity index is 1.81. The minimum absolute atomic E-state index is 0.196. The Bertz CT molecular complexity index is 1310. The first-order valence-electron chi connectivity index (χ1n) is 10.8. The lowest BCUT2D eigenvalue weighted by molar-refractivity contribution is -0.142. The van der Waals surface area contributed by atoms with Gasteiger partial charge in [-0.2, -0.15) is 0 Å². The SMILES string of the molecule is C#CCN(Cc1ccc2nc(C)[nH]c(=O)c2c1)c1ccc(C(=O)N[C@H](C(=O)O)C(C)(C)C)cc1. The van der Waals surface area contributed by atoms with E-state index in [2.05, 4.69) is 21.2 Å². The largest absolute Gasteiger partial charge is 0.480 e. The molecule has 1 atom stereocenters. The number of aliphatic carboxylic acids is 1. The molecule has 1 amide bonds. The number of nitrogens with one attached hydrogen (secondary N) is 2. The van der Waals surface area contributed by atoms with Crippen molar-refractivity contribution in [2.24, 2.45) is 5.41 Å². The van der Waals surface area contributed by atoms with E-state index in [0.717, 1.165) is 11.3 Å². The van der Waals surface area contributed by atoms with Crippen LogP contribution in [0.1, 0.15) is 42.5 Å². The quantitative estimate of drug-likeness (QED) is 0.467. The number of benzene rings is 2. The topological polar surface area (TPSA) is 115 Å². The van der Waals surface area contributed by atoms with Gasteiger partial charge in [-0.15, -0.1) is 6.42 Å². The Labute approximate surface area is 198 Å². The highest BCUT2D eigenvalue weighted by Crippen LogP contribution is 2.22. The number of hydrogen-bond donors (Lipinski definition) is 3. The molecule has 0 bridgehead atoms. The van der Waals surface area contributed by atoms with Crippen molar-refractivity contribution in [1.29, 1.82) is 0 Å². The molecule has 0 spiro atoms. The summed E-state index contributed by atoms with van der Waals surface area (Å²) in [6.45, 7) is 7.76. The third kappa shape index (κ3) is 5.62. The van der Waals surface area contributed by atoms with Gasteiger partial charge in [0.1, 0.15) is 11.9 Å². The van der Waals surface area contributed by atoms with Crippen molar-refractivity contribution in [3.05, 3.63) is 69.8 Å². The Kier molecular flexibility index (Phi) is 7.06. The van der Waals surface area contributed by atoms with Crippen molar-refractivity contribution in [3.8, 4) is 12.3 Å². The highest BCUT2D eigenvalue weighted by Gasteiger charge is 2.32. The van der Waals surface area contributed by atoms with Gasteiger partial charge in [0.2, 0.25) is 0 Å². The molecule has 3 N–H and O–H groups in total. The van der Waals surface area contributed by atoms with E-state index in [9.17, 15) is 19.5 Å². The lowest BCUT2D eigenvalue weighted by Crippen LogP contribution is -2.49.